The number of carbonyl (C=O) groups excluding carboxylic acids is 2. The number of hydrogen-bond donors (Lipinski definition) is 4. The first-order valence-corrected chi connectivity index (χ1v) is 20.9. The first-order valence-electron chi connectivity index (χ1n) is 20.9. The minimum atomic E-state index is -0.632. The number of amides is 2. The average molecular weight is 794 g/mol. The fourth-order valence-electron chi connectivity index (χ4n) is 7.40. The van der Waals surface area contributed by atoms with E-state index >= 15 is 0 Å². The summed E-state index contributed by atoms with van der Waals surface area (Å²) < 4.78 is 13.3. The Balaban J connectivity index is 1.14. The Bertz CT molecular complexity index is 1710. The van der Waals surface area contributed by atoms with Crippen molar-refractivity contribution in [2.24, 2.45) is 5.73 Å². The molecule has 16 heteroatoms. The fourth-order valence-corrected chi connectivity index (χ4v) is 7.40. The molecule has 0 spiro atoms. The van der Waals surface area contributed by atoms with E-state index in [-0.39, 0.29) is 30.8 Å². The summed E-state index contributed by atoms with van der Waals surface area (Å²) in [5, 5.41) is 26.6. The smallest absolute Gasteiger partial charge is 0.410 e. The van der Waals surface area contributed by atoms with Crippen molar-refractivity contribution >= 4 is 34.9 Å². The average Bonchev–Trinajstić information content (AvgIpc) is 3.62. The van der Waals surface area contributed by atoms with Gasteiger partial charge in [0.2, 0.25) is 5.95 Å². The maximum Gasteiger partial charge on any atom is 0.410 e. The zero-order valence-electron chi connectivity index (χ0n) is 35.1. The third-order valence-electron chi connectivity index (χ3n) is 10.2. The molecule has 0 radical (unpaired) electrons. The van der Waals surface area contributed by atoms with Crippen LogP contribution in [0, 0.1) is 0 Å². The number of aliphatic hydroxyl groups excluding tert-OH is 1. The minimum Gasteiger partial charge on any atom is -0.444 e. The number of benzene rings is 1. The topological polar surface area (TPSA) is 189 Å². The van der Waals surface area contributed by atoms with Crippen molar-refractivity contribution < 1.29 is 24.2 Å². The summed E-state index contributed by atoms with van der Waals surface area (Å²) >= 11 is 0. The lowest BCUT2D eigenvalue weighted by molar-refractivity contribution is 0.00994. The molecular weight excluding hydrogens is 727 g/mol. The molecule has 0 bridgehead atoms. The summed E-state index contributed by atoms with van der Waals surface area (Å²) in [7, 11) is 0. The lowest BCUT2D eigenvalue weighted by Crippen LogP contribution is -2.46. The monoisotopic (exact) mass is 794 g/mol. The van der Waals surface area contributed by atoms with Crippen LogP contribution in [0.5, 0.6) is 0 Å². The Morgan fingerprint density at radius 3 is 2.32 bits per heavy atom. The highest BCUT2D eigenvalue weighted by Crippen LogP contribution is 2.26. The van der Waals surface area contributed by atoms with Gasteiger partial charge >= 0.3 is 12.2 Å². The van der Waals surface area contributed by atoms with E-state index in [0.717, 1.165) is 74.0 Å². The van der Waals surface area contributed by atoms with E-state index in [1.54, 1.807) is 9.58 Å². The number of anilines is 2. The molecule has 3 heterocycles. The quantitative estimate of drug-likeness (QED) is 0.132. The second kappa shape index (κ2) is 20.4. The Morgan fingerprint density at radius 2 is 1.61 bits per heavy atom. The summed E-state index contributed by atoms with van der Waals surface area (Å²) in [5.41, 5.74) is 5.98. The number of β-amino-alcohol motifs (C(OH)–C–C–N with tert-alkyl or cyclic N) is 1. The third-order valence-corrected chi connectivity index (χ3v) is 10.2. The maximum atomic E-state index is 13.3. The minimum absolute atomic E-state index is 0.156. The molecule has 5 N–H and O–H groups in total. The normalized spacial score (nSPS) is 16.6. The zero-order valence-corrected chi connectivity index (χ0v) is 35.1. The number of hydrogen-bond acceptors (Lipinski definition) is 13. The Hall–Kier alpha value is -4.28. The van der Waals surface area contributed by atoms with E-state index in [2.05, 4.69) is 25.8 Å². The number of nitrogens with zero attached hydrogens (tertiary/aromatic N) is 8. The predicted octanol–water partition coefficient (Wildman–Crippen LogP) is 5.62. The first kappa shape index (κ1) is 43.8. The standard InChI is InChI=1S/C41H67N11O5/c1-40(2,3)56-38(54)50(21-13-23-52(32-14-8-7-9-15-32)39(55)57-41(4,5)6)20-12-22-51-28-31(47-48-51)27-43-37-45-35-17-11-10-16-34(35)36(46-37)44-30-18-24-49(25-19-30)29-33(53)26-42/h10-11,16-17,28,30,32-33,53H,7-9,12-15,18-27,29,42H2,1-6H3,(H2,43,44,45,46)/t33-/m1/s1. The Kier molecular flexibility index (Phi) is 15.7. The largest absolute Gasteiger partial charge is 0.444 e. The van der Waals surface area contributed by atoms with Gasteiger partial charge in [0.1, 0.15) is 22.7 Å². The van der Waals surface area contributed by atoms with E-state index in [0.29, 0.717) is 58.1 Å². The fraction of sp³-hybridized carbons (Fsp3) is 0.707. The van der Waals surface area contributed by atoms with Gasteiger partial charge in [-0.15, -0.1) is 5.10 Å². The van der Waals surface area contributed by atoms with Gasteiger partial charge in [0.25, 0.3) is 0 Å². The van der Waals surface area contributed by atoms with Gasteiger partial charge in [-0.25, -0.2) is 14.6 Å². The van der Waals surface area contributed by atoms with Crippen LogP contribution in [-0.4, -0.2) is 132 Å². The molecule has 2 aliphatic rings. The van der Waals surface area contributed by atoms with Gasteiger partial charge in [0.15, 0.2) is 0 Å². The molecule has 16 nitrogen and oxygen atoms in total. The lowest BCUT2D eigenvalue weighted by Gasteiger charge is -2.36. The van der Waals surface area contributed by atoms with E-state index in [9.17, 15) is 14.7 Å². The molecule has 316 valence electrons. The van der Waals surface area contributed by atoms with Crippen LogP contribution in [-0.2, 0) is 22.6 Å². The van der Waals surface area contributed by atoms with Crippen molar-refractivity contribution in [1.29, 1.82) is 0 Å². The number of fused-ring (bicyclic) bond motifs is 1. The number of aryl methyl sites for hydroxylation is 1. The Morgan fingerprint density at radius 1 is 0.930 bits per heavy atom. The van der Waals surface area contributed by atoms with E-state index in [4.69, 9.17) is 25.2 Å². The van der Waals surface area contributed by atoms with Crippen LogP contribution in [0.25, 0.3) is 10.9 Å². The number of piperidine rings is 1. The van der Waals surface area contributed by atoms with Gasteiger partial charge in [0.05, 0.1) is 24.4 Å². The lowest BCUT2D eigenvalue weighted by atomic mass is 9.94. The molecule has 1 saturated carbocycles. The summed E-state index contributed by atoms with van der Waals surface area (Å²) in [6.07, 6.45) is 9.21. The molecule has 1 aliphatic heterocycles. The molecule has 2 aromatic heterocycles. The van der Waals surface area contributed by atoms with Crippen LogP contribution in [0.2, 0.25) is 0 Å². The van der Waals surface area contributed by atoms with Crippen molar-refractivity contribution in [2.75, 3.05) is 56.4 Å². The second-order valence-corrected chi connectivity index (χ2v) is 17.5. The second-order valence-electron chi connectivity index (χ2n) is 17.5. The molecule has 0 unspecified atom stereocenters. The molecule has 1 aliphatic carbocycles. The number of rotatable bonds is 17. The van der Waals surface area contributed by atoms with Crippen molar-refractivity contribution in [3.63, 3.8) is 0 Å². The summed E-state index contributed by atoms with van der Waals surface area (Å²) in [5.74, 6) is 1.28. The number of aromatic nitrogens is 5. The third kappa shape index (κ3) is 14.3. The van der Waals surface area contributed by atoms with E-state index < -0.39 is 17.3 Å². The molecule has 1 saturated heterocycles. The van der Waals surface area contributed by atoms with E-state index in [1.165, 1.54) is 6.42 Å². The van der Waals surface area contributed by atoms with Crippen LogP contribution in [0.4, 0.5) is 21.4 Å². The summed E-state index contributed by atoms with van der Waals surface area (Å²) in [6.45, 7) is 16.3. The van der Waals surface area contributed by atoms with Crippen molar-refractivity contribution in [3.8, 4) is 0 Å². The van der Waals surface area contributed by atoms with Crippen LogP contribution >= 0.6 is 0 Å². The number of likely N-dealkylation sites (tertiary alicyclic amines) is 1. The van der Waals surface area contributed by atoms with Gasteiger partial charge in [-0.2, -0.15) is 4.98 Å². The number of carbonyl (C=O) groups is 2. The number of ether oxygens (including phenoxy) is 2. The Labute approximate surface area is 338 Å². The van der Waals surface area contributed by atoms with Gasteiger partial charge in [-0.1, -0.05) is 36.6 Å². The predicted molar refractivity (Wildman–Crippen MR) is 222 cm³/mol. The van der Waals surface area contributed by atoms with Crippen molar-refractivity contribution in [2.45, 2.75) is 142 Å². The first-order chi connectivity index (χ1) is 27.2. The van der Waals surface area contributed by atoms with Gasteiger partial charge in [-0.3, -0.25) is 4.68 Å². The highest BCUT2D eigenvalue weighted by Gasteiger charge is 2.30. The van der Waals surface area contributed by atoms with Gasteiger partial charge < -0.3 is 45.6 Å². The molecule has 2 amide bonds. The maximum absolute atomic E-state index is 13.3. The van der Waals surface area contributed by atoms with Crippen LogP contribution in [0.15, 0.2) is 30.5 Å². The molecule has 5 rings (SSSR count). The van der Waals surface area contributed by atoms with E-state index in [1.807, 2.05) is 76.9 Å². The van der Waals surface area contributed by atoms with Crippen molar-refractivity contribution in [3.05, 3.63) is 36.2 Å². The molecule has 1 aromatic carbocycles. The molecular formula is C41H67N11O5. The molecule has 3 aromatic rings. The van der Waals surface area contributed by atoms with Crippen LogP contribution in [0.3, 0.4) is 0 Å². The molecule has 1 atom stereocenters. The zero-order chi connectivity index (χ0) is 41.0. The van der Waals surface area contributed by atoms with Gasteiger partial charge in [0, 0.05) is 69.8 Å². The van der Waals surface area contributed by atoms with Crippen molar-refractivity contribution in [1.82, 2.24) is 39.7 Å². The highest BCUT2D eigenvalue weighted by atomic mass is 16.6. The van der Waals surface area contributed by atoms with Crippen LogP contribution < -0.4 is 16.4 Å². The highest BCUT2D eigenvalue weighted by molar-refractivity contribution is 5.90. The summed E-state index contributed by atoms with van der Waals surface area (Å²) in [4.78, 5) is 42.1. The number of nitrogens with two attached hydrogens (primary N) is 1. The number of para-hydroxylation sites is 1. The number of aliphatic hydroxyl groups is 1. The van der Waals surface area contributed by atoms with Gasteiger partial charge in [-0.05, 0) is 92.2 Å². The molecule has 57 heavy (non-hydrogen) atoms. The summed E-state index contributed by atoms with van der Waals surface area (Å²) in [6, 6.07) is 8.38. The molecule has 2 fully saturated rings. The van der Waals surface area contributed by atoms with Crippen LogP contribution in [0.1, 0.15) is 105 Å². The SMILES string of the molecule is CC(C)(C)OC(=O)N(CCCN(C(=O)OC(C)(C)C)C1CCCCC1)CCCn1cc(CNc2nc(NC3CCN(C[C@H](O)CN)CC3)c3ccccc3n2)nn1. The number of nitrogens with one attached hydrogen (secondary N) is 2.